The van der Waals surface area contributed by atoms with Crippen LogP contribution in [0.2, 0.25) is 0 Å². The van der Waals surface area contributed by atoms with E-state index in [1.807, 2.05) is 18.7 Å². The summed E-state index contributed by atoms with van der Waals surface area (Å²) < 4.78 is 0. The number of carbonyl (C=O) groups is 2. The van der Waals surface area contributed by atoms with Crippen LogP contribution in [0.1, 0.15) is 46.5 Å². The highest BCUT2D eigenvalue weighted by Gasteiger charge is 2.24. The van der Waals surface area contributed by atoms with Gasteiger partial charge in [0, 0.05) is 19.6 Å². The minimum absolute atomic E-state index is 0.0152. The molecule has 5 heteroatoms. The Morgan fingerprint density at radius 2 is 2.00 bits per heavy atom. The average Bonchev–Trinajstić information content (AvgIpc) is 2.63. The summed E-state index contributed by atoms with van der Waals surface area (Å²) in [5, 5.41) is 11.9. The Morgan fingerprint density at radius 1 is 1.30 bits per heavy atom. The van der Waals surface area contributed by atoms with Crippen molar-refractivity contribution in [1.82, 2.24) is 10.2 Å². The third-order valence-corrected chi connectivity index (χ3v) is 4.31. The standard InChI is InChI=1S/C15H28N2O3/c1-4-12-6-5-8-17(9-7-12)15(20)16-10-13(11(2)3)14(18)19/h11-13H,4-10H2,1-3H3,(H,16,20)(H,18,19). The number of carboxylic acids is 1. The van der Waals surface area contributed by atoms with Crippen LogP contribution in [0.3, 0.4) is 0 Å². The molecule has 1 saturated heterocycles. The van der Waals surface area contributed by atoms with Crippen LogP contribution in [-0.4, -0.2) is 41.6 Å². The number of amides is 2. The SMILES string of the molecule is CCC1CCCN(C(=O)NCC(C(=O)O)C(C)C)CC1. The van der Waals surface area contributed by atoms with E-state index < -0.39 is 11.9 Å². The van der Waals surface area contributed by atoms with Crippen molar-refractivity contribution in [3.63, 3.8) is 0 Å². The first kappa shape index (κ1) is 16.8. The minimum atomic E-state index is -0.845. The molecule has 1 heterocycles. The zero-order valence-electron chi connectivity index (χ0n) is 12.9. The molecule has 0 aromatic carbocycles. The molecule has 1 aliphatic rings. The zero-order chi connectivity index (χ0) is 15.1. The Labute approximate surface area is 121 Å². The van der Waals surface area contributed by atoms with Crippen LogP contribution in [-0.2, 0) is 4.79 Å². The van der Waals surface area contributed by atoms with Gasteiger partial charge in [-0.15, -0.1) is 0 Å². The maximum Gasteiger partial charge on any atom is 0.317 e. The van der Waals surface area contributed by atoms with E-state index in [1.54, 1.807) is 0 Å². The van der Waals surface area contributed by atoms with Crippen molar-refractivity contribution in [2.24, 2.45) is 17.8 Å². The van der Waals surface area contributed by atoms with Crippen LogP contribution < -0.4 is 5.32 Å². The number of hydrogen-bond acceptors (Lipinski definition) is 2. The van der Waals surface area contributed by atoms with Crippen LogP contribution in [0.5, 0.6) is 0 Å². The number of carbonyl (C=O) groups excluding carboxylic acids is 1. The van der Waals surface area contributed by atoms with Gasteiger partial charge >= 0.3 is 12.0 Å². The number of aliphatic carboxylic acids is 1. The fourth-order valence-corrected chi connectivity index (χ4v) is 2.69. The molecular formula is C15H28N2O3. The molecule has 0 spiro atoms. The highest BCUT2D eigenvalue weighted by Crippen LogP contribution is 2.20. The molecule has 2 unspecified atom stereocenters. The first-order chi connectivity index (χ1) is 9.45. The summed E-state index contributed by atoms with van der Waals surface area (Å²) in [7, 11) is 0. The highest BCUT2D eigenvalue weighted by molar-refractivity contribution is 5.76. The molecule has 0 aromatic heterocycles. The number of carboxylic acid groups (broad SMARTS) is 1. The van der Waals surface area contributed by atoms with Crippen molar-refractivity contribution in [1.29, 1.82) is 0 Å². The van der Waals surface area contributed by atoms with Gasteiger partial charge in [0.05, 0.1) is 5.92 Å². The smallest absolute Gasteiger partial charge is 0.317 e. The molecule has 116 valence electrons. The van der Waals surface area contributed by atoms with E-state index in [0.717, 1.165) is 31.8 Å². The highest BCUT2D eigenvalue weighted by atomic mass is 16.4. The summed E-state index contributed by atoms with van der Waals surface area (Å²) in [6.45, 7) is 7.69. The van der Waals surface area contributed by atoms with Crippen LogP contribution in [0.4, 0.5) is 4.79 Å². The second kappa shape index (κ2) is 8.12. The largest absolute Gasteiger partial charge is 0.481 e. The van der Waals surface area contributed by atoms with Crippen molar-refractivity contribution in [3.05, 3.63) is 0 Å². The molecule has 0 bridgehead atoms. The van der Waals surface area contributed by atoms with Gasteiger partial charge < -0.3 is 15.3 Å². The summed E-state index contributed by atoms with van der Waals surface area (Å²) in [6.07, 6.45) is 4.45. The molecule has 0 aliphatic carbocycles. The summed E-state index contributed by atoms with van der Waals surface area (Å²) in [6, 6.07) is -0.117. The fourth-order valence-electron chi connectivity index (χ4n) is 2.69. The van der Waals surface area contributed by atoms with Crippen molar-refractivity contribution in [2.45, 2.75) is 46.5 Å². The molecule has 5 nitrogen and oxygen atoms in total. The van der Waals surface area contributed by atoms with Crippen LogP contribution in [0, 0.1) is 17.8 Å². The molecule has 0 radical (unpaired) electrons. The molecule has 20 heavy (non-hydrogen) atoms. The lowest BCUT2D eigenvalue weighted by molar-refractivity contribution is -0.142. The second-order valence-electron chi connectivity index (χ2n) is 6.07. The molecule has 0 aromatic rings. The summed E-state index contributed by atoms with van der Waals surface area (Å²) in [5.74, 6) is -0.631. The van der Waals surface area contributed by atoms with Crippen LogP contribution in [0.15, 0.2) is 0 Å². The Kier molecular flexibility index (Phi) is 6.82. The van der Waals surface area contributed by atoms with E-state index in [-0.39, 0.29) is 18.5 Å². The van der Waals surface area contributed by atoms with Gasteiger partial charge in [-0.3, -0.25) is 4.79 Å². The Hall–Kier alpha value is -1.26. The van der Waals surface area contributed by atoms with Gasteiger partial charge in [0.1, 0.15) is 0 Å². The molecule has 2 N–H and O–H groups in total. The van der Waals surface area contributed by atoms with E-state index in [2.05, 4.69) is 12.2 Å². The predicted molar refractivity (Wildman–Crippen MR) is 78.6 cm³/mol. The number of nitrogens with one attached hydrogen (secondary N) is 1. The lowest BCUT2D eigenvalue weighted by atomic mass is 9.96. The minimum Gasteiger partial charge on any atom is -0.481 e. The van der Waals surface area contributed by atoms with E-state index in [9.17, 15) is 9.59 Å². The first-order valence-corrected chi connectivity index (χ1v) is 7.71. The first-order valence-electron chi connectivity index (χ1n) is 7.71. The Morgan fingerprint density at radius 3 is 2.55 bits per heavy atom. The maximum atomic E-state index is 12.1. The summed E-state index contributed by atoms with van der Waals surface area (Å²) >= 11 is 0. The quantitative estimate of drug-likeness (QED) is 0.815. The Balaban J connectivity index is 2.44. The van der Waals surface area contributed by atoms with E-state index in [1.165, 1.54) is 12.8 Å². The van der Waals surface area contributed by atoms with E-state index >= 15 is 0 Å². The number of nitrogens with zero attached hydrogens (tertiary/aromatic N) is 1. The lowest BCUT2D eigenvalue weighted by Crippen LogP contribution is -2.44. The lowest BCUT2D eigenvalue weighted by Gasteiger charge is -2.23. The van der Waals surface area contributed by atoms with Crippen molar-refractivity contribution in [2.75, 3.05) is 19.6 Å². The molecule has 2 atom stereocenters. The molecular weight excluding hydrogens is 256 g/mol. The summed E-state index contributed by atoms with van der Waals surface area (Å²) in [5.41, 5.74) is 0. The van der Waals surface area contributed by atoms with Gasteiger partial charge in [-0.1, -0.05) is 27.2 Å². The molecule has 0 saturated carbocycles. The van der Waals surface area contributed by atoms with E-state index in [4.69, 9.17) is 5.11 Å². The monoisotopic (exact) mass is 284 g/mol. The normalized spacial score (nSPS) is 21.4. The molecule has 2 amide bonds. The van der Waals surface area contributed by atoms with Crippen LogP contribution >= 0.6 is 0 Å². The summed E-state index contributed by atoms with van der Waals surface area (Å²) in [4.78, 5) is 25.0. The van der Waals surface area contributed by atoms with Gasteiger partial charge in [0.2, 0.25) is 0 Å². The van der Waals surface area contributed by atoms with Gasteiger partial charge in [-0.05, 0) is 31.1 Å². The molecule has 1 aliphatic heterocycles. The number of hydrogen-bond donors (Lipinski definition) is 2. The second-order valence-corrected chi connectivity index (χ2v) is 6.07. The third-order valence-electron chi connectivity index (χ3n) is 4.31. The van der Waals surface area contributed by atoms with E-state index in [0.29, 0.717) is 0 Å². The number of urea groups is 1. The topological polar surface area (TPSA) is 69.6 Å². The van der Waals surface area contributed by atoms with Gasteiger partial charge in [0.15, 0.2) is 0 Å². The average molecular weight is 284 g/mol. The molecule has 1 fully saturated rings. The zero-order valence-corrected chi connectivity index (χ0v) is 12.9. The fraction of sp³-hybridized carbons (Fsp3) is 0.867. The number of rotatable bonds is 5. The Bertz CT molecular complexity index is 331. The van der Waals surface area contributed by atoms with Crippen LogP contribution in [0.25, 0.3) is 0 Å². The molecule has 1 rings (SSSR count). The van der Waals surface area contributed by atoms with Crippen molar-refractivity contribution >= 4 is 12.0 Å². The van der Waals surface area contributed by atoms with Crippen molar-refractivity contribution in [3.8, 4) is 0 Å². The third kappa shape index (κ3) is 5.02. The predicted octanol–water partition coefficient (Wildman–Crippen LogP) is 2.56. The number of likely N-dealkylation sites (tertiary alicyclic amines) is 1. The van der Waals surface area contributed by atoms with Gasteiger partial charge in [-0.25, -0.2) is 4.79 Å². The maximum absolute atomic E-state index is 12.1. The van der Waals surface area contributed by atoms with Gasteiger partial charge in [0.25, 0.3) is 0 Å². The van der Waals surface area contributed by atoms with Crippen molar-refractivity contribution < 1.29 is 14.7 Å². The van der Waals surface area contributed by atoms with Gasteiger partial charge in [-0.2, -0.15) is 0 Å².